The molecule has 0 spiro atoms. The van der Waals surface area contributed by atoms with Gasteiger partial charge in [0.1, 0.15) is 0 Å². The van der Waals surface area contributed by atoms with Crippen LogP contribution in [0, 0.1) is 6.92 Å². The van der Waals surface area contributed by atoms with Crippen molar-refractivity contribution in [3.8, 4) is 0 Å². The van der Waals surface area contributed by atoms with Crippen LogP contribution in [0.15, 0.2) is 12.1 Å². The van der Waals surface area contributed by atoms with Gasteiger partial charge in [0.05, 0.1) is 0 Å². The number of aryl methyl sites for hydroxylation is 1. The summed E-state index contributed by atoms with van der Waals surface area (Å²) in [6.45, 7) is 4.54. The van der Waals surface area contributed by atoms with Gasteiger partial charge in [0.15, 0.2) is 0 Å². The third-order valence-electron chi connectivity index (χ3n) is 2.95. The first kappa shape index (κ1) is 10.6. The smallest absolute Gasteiger partial charge is 0.270 e. The molecule has 1 heterocycles. The zero-order chi connectivity index (χ0) is 11.1. The van der Waals surface area contributed by atoms with Gasteiger partial charge in [-0.1, -0.05) is 0 Å². The van der Waals surface area contributed by atoms with E-state index in [1.807, 2.05) is 6.92 Å². The number of alkyl halides is 2. The zero-order valence-electron chi connectivity index (χ0n) is 9.03. The first-order chi connectivity index (χ1) is 6.98. The maximum atomic E-state index is 13.2. The molecule has 0 aliphatic carbocycles. The standard InChI is InChI=1S/C12H15F2N/c1-8-5-10(12(2,13)14)6-9-3-4-15-7-11(8)9/h5-6,15H,3-4,7H2,1-2H3. The lowest BCUT2D eigenvalue weighted by Crippen LogP contribution is -2.25. The fourth-order valence-electron chi connectivity index (χ4n) is 2.06. The lowest BCUT2D eigenvalue weighted by Gasteiger charge is -2.22. The number of nitrogens with one attached hydrogen (secondary N) is 1. The molecule has 0 amide bonds. The fourth-order valence-corrected chi connectivity index (χ4v) is 2.06. The van der Waals surface area contributed by atoms with Crippen molar-refractivity contribution in [1.82, 2.24) is 5.32 Å². The summed E-state index contributed by atoms with van der Waals surface area (Å²) in [5, 5.41) is 3.25. The molecule has 1 nitrogen and oxygen atoms in total. The molecule has 0 fully saturated rings. The van der Waals surface area contributed by atoms with Crippen LogP contribution in [0.5, 0.6) is 0 Å². The van der Waals surface area contributed by atoms with Gasteiger partial charge in [-0.3, -0.25) is 0 Å². The van der Waals surface area contributed by atoms with Crippen molar-refractivity contribution >= 4 is 0 Å². The summed E-state index contributed by atoms with van der Waals surface area (Å²) >= 11 is 0. The predicted octanol–water partition coefficient (Wildman–Crippen LogP) is 2.75. The van der Waals surface area contributed by atoms with E-state index < -0.39 is 5.92 Å². The lowest BCUT2D eigenvalue weighted by atomic mass is 9.92. The molecule has 0 unspecified atom stereocenters. The fraction of sp³-hybridized carbons (Fsp3) is 0.500. The number of fused-ring (bicyclic) bond motifs is 1. The van der Waals surface area contributed by atoms with E-state index in [2.05, 4.69) is 5.32 Å². The van der Waals surface area contributed by atoms with Gasteiger partial charge in [0, 0.05) is 19.0 Å². The van der Waals surface area contributed by atoms with Gasteiger partial charge < -0.3 is 5.32 Å². The van der Waals surface area contributed by atoms with Gasteiger partial charge in [-0.15, -0.1) is 0 Å². The van der Waals surface area contributed by atoms with Crippen molar-refractivity contribution in [2.75, 3.05) is 6.54 Å². The Morgan fingerprint density at radius 3 is 2.73 bits per heavy atom. The number of hydrogen-bond donors (Lipinski definition) is 1. The topological polar surface area (TPSA) is 12.0 Å². The first-order valence-electron chi connectivity index (χ1n) is 5.20. The van der Waals surface area contributed by atoms with Gasteiger partial charge in [-0.2, -0.15) is 0 Å². The number of benzene rings is 1. The van der Waals surface area contributed by atoms with Gasteiger partial charge in [-0.05, 0) is 48.7 Å². The highest BCUT2D eigenvalue weighted by Crippen LogP contribution is 2.31. The van der Waals surface area contributed by atoms with Crippen LogP contribution >= 0.6 is 0 Å². The molecule has 0 saturated carbocycles. The van der Waals surface area contributed by atoms with Crippen LogP contribution in [-0.4, -0.2) is 6.54 Å². The second-order valence-electron chi connectivity index (χ2n) is 4.25. The predicted molar refractivity (Wildman–Crippen MR) is 56.2 cm³/mol. The molecular formula is C12H15F2N. The summed E-state index contributed by atoms with van der Waals surface area (Å²) in [6, 6.07) is 3.26. The molecule has 1 aliphatic rings. The Labute approximate surface area is 88.5 Å². The van der Waals surface area contributed by atoms with Crippen LogP contribution in [0.1, 0.15) is 29.2 Å². The van der Waals surface area contributed by atoms with E-state index in [-0.39, 0.29) is 5.56 Å². The molecule has 0 saturated heterocycles. The number of hydrogen-bond acceptors (Lipinski definition) is 1. The molecular weight excluding hydrogens is 196 g/mol. The van der Waals surface area contributed by atoms with E-state index in [4.69, 9.17) is 0 Å². The Kier molecular flexibility index (Phi) is 2.51. The van der Waals surface area contributed by atoms with Crippen LogP contribution in [0.2, 0.25) is 0 Å². The molecule has 0 aromatic heterocycles. The Hall–Kier alpha value is -0.960. The van der Waals surface area contributed by atoms with Gasteiger partial charge in [-0.25, -0.2) is 8.78 Å². The minimum atomic E-state index is -2.73. The summed E-state index contributed by atoms with van der Waals surface area (Å²) in [5.74, 6) is -2.73. The Bertz CT molecular complexity index is 380. The second-order valence-corrected chi connectivity index (χ2v) is 4.25. The maximum Gasteiger partial charge on any atom is 0.270 e. The number of rotatable bonds is 1. The molecule has 0 bridgehead atoms. The van der Waals surface area contributed by atoms with Crippen molar-refractivity contribution in [3.63, 3.8) is 0 Å². The van der Waals surface area contributed by atoms with Crippen LogP contribution in [0.3, 0.4) is 0 Å². The van der Waals surface area contributed by atoms with E-state index in [1.165, 1.54) is 5.56 Å². The van der Waals surface area contributed by atoms with Gasteiger partial charge in [0.2, 0.25) is 0 Å². The highest BCUT2D eigenvalue weighted by Gasteiger charge is 2.26. The number of halogens is 2. The Balaban J connectivity index is 2.50. The third-order valence-corrected chi connectivity index (χ3v) is 2.95. The van der Waals surface area contributed by atoms with Gasteiger partial charge in [0.25, 0.3) is 5.92 Å². The molecule has 2 rings (SSSR count). The quantitative estimate of drug-likeness (QED) is 0.753. The van der Waals surface area contributed by atoms with Crippen LogP contribution in [-0.2, 0) is 18.9 Å². The molecule has 1 N–H and O–H groups in total. The minimum absolute atomic E-state index is 0.139. The summed E-state index contributed by atoms with van der Waals surface area (Å²) < 4.78 is 26.4. The van der Waals surface area contributed by atoms with Crippen molar-refractivity contribution in [1.29, 1.82) is 0 Å². The third kappa shape index (κ3) is 2.02. The Morgan fingerprint density at radius 2 is 2.07 bits per heavy atom. The largest absolute Gasteiger partial charge is 0.312 e. The highest BCUT2D eigenvalue weighted by atomic mass is 19.3. The minimum Gasteiger partial charge on any atom is -0.312 e. The summed E-state index contributed by atoms with van der Waals surface area (Å²) in [7, 11) is 0. The highest BCUT2D eigenvalue weighted by molar-refractivity contribution is 5.41. The van der Waals surface area contributed by atoms with Crippen molar-refractivity contribution < 1.29 is 8.78 Å². The van der Waals surface area contributed by atoms with E-state index in [9.17, 15) is 8.78 Å². The molecule has 0 radical (unpaired) electrons. The molecule has 0 atom stereocenters. The lowest BCUT2D eigenvalue weighted by molar-refractivity contribution is 0.0173. The molecule has 1 aromatic rings. The monoisotopic (exact) mass is 211 g/mol. The SMILES string of the molecule is Cc1cc(C(C)(F)F)cc2c1CNCC2. The molecule has 3 heteroatoms. The van der Waals surface area contributed by atoms with E-state index in [1.54, 1.807) is 12.1 Å². The summed E-state index contributed by atoms with van der Waals surface area (Å²) in [4.78, 5) is 0. The molecule has 1 aromatic carbocycles. The average molecular weight is 211 g/mol. The average Bonchev–Trinajstić information content (AvgIpc) is 2.16. The van der Waals surface area contributed by atoms with E-state index >= 15 is 0 Å². The van der Waals surface area contributed by atoms with Crippen LogP contribution in [0.25, 0.3) is 0 Å². The Morgan fingerprint density at radius 1 is 1.33 bits per heavy atom. The summed E-state index contributed by atoms with van der Waals surface area (Å²) in [6.07, 6.45) is 0.847. The molecule has 1 aliphatic heterocycles. The van der Waals surface area contributed by atoms with Crippen LogP contribution < -0.4 is 5.32 Å². The maximum absolute atomic E-state index is 13.2. The van der Waals surface area contributed by atoms with Crippen LogP contribution in [0.4, 0.5) is 8.78 Å². The second kappa shape index (κ2) is 3.56. The zero-order valence-corrected chi connectivity index (χ0v) is 9.03. The van der Waals surface area contributed by atoms with Gasteiger partial charge >= 0.3 is 0 Å². The summed E-state index contributed by atoms with van der Waals surface area (Å²) in [5.41, 5.74) is 3.37. The van der Waals surface area contributed by atoms with Crippen molar-refractivity contribution in [2.24, 2.45) is 0 Å². The van der Waals surface area contributed by atoms with E-state index in [0.29, 0.717) is 0 Å². The first-order valence-corrected chi connectivity index (χ1v) is 5.20. The van der Waals surface area contributed by atoms with Crippen molar-refractivity contribution in [2.45, 2.75) is 32.7 Å². The normalized spacial score (nSPS) is 16.3. The van der Waals surface area contributed by atoms with E-state index in [0.717, 1.165) is 37.6 Å². The molecule has 82 valence electrons. The molecule has 15 heavy (non-hydrogen) atoms. The van der Waals surface area contributed by atoms with Crippen molar-refractivity contribution in [3.05, 3.63) is 34.4 Å².